The Bertz CT molecular complexity index is 1110. The largest absolute Gasteiger partial charge is 0.333 e. The molecular weight excluding hydrogens is 408 g/mol. The highest BCUT2D eigenvalue weighted by atomic mass is 32.2. The number of para-hydroxylation sites is 1. The van der Waals surface area contributed by atoms with Crippen molar-refractivity contribution in [3.05, 3.63) is 48.0 Å². The minimum Gasteiger partial charge on any atom is -0.333 e. The summed E-state index contributed by atoms with van der Waals surface area (Å²) in [7, 11) is -3.55. The fraction of sp³-hybridized carbons (Fsp3) is 0.300. The lowest BCUT2D eigenvalue weighted by Gasteiger charge is -2.07. The molecule has 0 aliphatic heterocycles. The van der Waals surface area contributed by atoms with Crippen molar-refractivity contribution in [2.45, 2.75) is 36.7 Å². The minimum absolute atomic E-state index is 0.131. The number of hydrogen-bond acceptors (Lipinski definition) is 5. The molecule has 0 aliphatic rings. The van der Waals surface area contributed by atoms with Gasteiger partial charge in [0.2, 0.25) is 15.9 Å². The number of unbranched alkanes of at least 4 members (excludes halogenated alkanes) is 1. The Kier molecular flexibility index (Phi) is 6.94. The molecule has 0 saturated heterocycles. The number of carbonyl (C=O) groups excluding carboxylic acids is 1. The number of thioether (sulfide) groups is 1. The Morgan fingerprint density at radius 3 is 2.76 bits per heavy atom. The van der Waals surface area contributed by atoms with Gasteiger partial charge in [0.1, 0.15) is 0 Å². The van der Waals surface area contributed by atoms with Gasteiger partial charge in [-0.15, -0.1) is 0 Å². The number of benzene rings is 2. The first-order valence-electron chi connectivity index (χ1n) is 9.37. The van der Waals surface area contributed by atoms with Crippen molar-refractivity contribution >= 4 is 44.4 Å². The van der Waals surface area contributed by atoms with Crippen LogP contribution in [0.2, 0.25) is 0 Å². The number of imidazole rings is 1. The average molecular weight is 433 g/mol. The standard InChI is InChI=1S/C20H24N4O3S2/c1-3-4-11-21-29(26,27)15-9-10-17-18(12-15)24-20(23-17)28-13-19(25)22-16-8-6-5-7-14(16)2/h5-10,12,21H,3-4,11,13H2,1-2H3,(H,22,25)(H,23,24). The molecule has 3 aromatic rings. The molecular formula is C20H24N4O3S2. The number of carbonyl (C=O) groups is 1. The van der Waals surface area contributed by atoms with Crippen LogP contribution in [-0.4, -0.2) is 36.6 Å². The van der Waals surface area contributed by atoms with Gasteiger partial charge in [0.15, 0.2) is 5.16 Å². The van der Waals surface area contributed by atoms with Gasteiger partial charge in [0, 0.05) is 12.2 Å². The van der Waals surface area contributed by atoms with Crippen molar-refractivity contribution in [3.8, 4) is 0 Å². The summed E-state index contributed by atoms with van der Waals surface area (Å²) in [5.74, 6) is 0.0610. The molecule has 29 heavy (non-hydrogen) atoms. The molecule has 0 saturated carbocycles. The fourth-order valence-corrected chi connectivity index (χ4v) is 4.49. The van der Waals surface area contributed by atoms with E-state index in [1.54, 1.807) is 12.1 Å². The SMILES string of the molecule is CCCCNS(=O)(=O)c1ccc2nc(SCC(=O)Nc3ccccc3C)[nH]c2c1. The number of nitrogens with one attached hydrogen (secondary N) is 3. The maximum atomic E-state index is 12.4. The van der Waals surface area contributed by atoms with Gasteiger partial charge < -0.3 is 10.3 Å². The van der Waals surface area contributed by atoms with E-state index in [0.29, 0.717) is 22.7 Å². The molecule has 0 atom stereocenters. The summed E-state index contributed by atoms with van der Waals surface area (Å²) in [6.45, 7) is 4.35. The van der Waals surface area contributed by atoms with E-state index in [-0.39, 0.29) is 16.6 Å². The second-order valence-electron chi connectivity index (χ2n) is 6.62. The molecule has 2 aromatic carbocycles. The lowest BCUT2D eigenvalue weighted by molar-refractivity contribution is -0.113. The topological polar surface area (TPSA) is 104 Å². The van der Waals surface area contributed by atoms with E-state index < -0.39 is 10.0 Å². The maximum Gasteiger partial charge on any atom is 0.240 e. The van der Waals surface area contributed by atoms with Crippen LogP contribution in [0.3, 0.4) is 0 Å². The number of rotatable bonds is 9. The average Bonchev–Trinajstić information content (AvgIpc) is 3.10. The van der Waals surface area contributed by atoms with Gasteiger partial charge in [0.05, 0.1) is 21.7 Å². The summed E-state index contributed by atoms with van der Waals surface area (Å²) in [6, 6.07) is 12.3. The van der Waals surface area contributed by atoms with E-state index in [1.165, 1.54) is 17.8 Å². The van der Waals surface area contributed by atoms with Crippen molar-refractivity contribution in [3.63, 3.8) is 0 Å². The van der Waals surface area contributed by atoms with Gasteiger partial charge >= 0.3 is 0 Å². The van der Waals surface area contributed by atoms with E-state index in [2.05, 4.69) is 20.0 Å². The monoisotopic (exact) mass is 432 g/mol. The van der Waals surface area contributed by atoms with Crippen molar-refractivity contribution < 1.29 is 13.2 Å². The first kappa shape index (κ1) is 21.4. The van der Waals surface area contributed by atoms with Crippen LogP contribution in [0.25, 0.3) is 11.0 Å². The number of aromatic amines is 1. The third kappa shape index (κ3) is 5.59. The highest BCUT2D eigenvalue weighted by Gasteiger charge is 2.15. The number of aromatic nitrogens is 2. The summed E-state index contributed by atoms with van der Waals surface area (Å²) in [5.41, 5.74) is 3.05. The van der Waals surface area contributed by atoms with Crippen LogP contribution in [-0.2, 0) is 14.8 Å². The Balaban J connectivity index is 1.65. The van der Waals surface area contributed by atoms with Crippen LogP contribution in [0.5, 0.6) is 0 Å². The molecule has 0 unspecified atom stereocenters. The van der Waals surface area contributed by atoms with Crippen LogP contribution >= 0.6 is 11.8 Å². The van der Waals surface area contributed by atoms with Crippen molar-refractivity contribution in [1.29, 1.82) is 0 Å². The second kappa shape index (κ2) is 9.43. The van der Waals surface area contributed by atoms with E-state index in [9.17, 15) is 13.2 Å². The maximum absolute atomic E-state index is 12.4. The smallest absolute Gasteiger partial charge is 0.240 e. The highest BCUT2D eigenvalue weighted by Crippen LogP contribution is 2.23. The third-order valence-electron chi connectivity index (χ3n) is 4.32. The molecule has 0 spiro atoms. The number of hydrogen-bond donors (Lipinski definition) is 3. The molecule has 3 N–H and O–H groups in total. The predicted molar refractivity (Wildman–Crippen MR) is 117 cm³/mol. The van der Waals surface area contributed by atoms with Gasteiger partial charge in [-0.1, -0.05) is 43.3 Å². The normalized spacial score (nSPS) is 11.7. The molecule has 1 amide bonds. The number of anilines is 1. The molecule has 3 rings (SSSR count). The van der Waals surface area contributed by atoms with Gasteiger partial charge in [-0.25, -0.2) is 18.1 Å². The third-order valence-corrected chi connectivity index (χ3v) is 6.66. The van der Waals surface area contributed by atoms with E-state index in [0.717, 1.165) is 24.1 Å². The zero-order chi connectivity index (χ0) is 20.9. The number of sulfonamides is 1. The fourth-order valence-electron chi connectivity index (χ4n) is 2.70. The summed E-state index contributed by atoms with van der Waals surface area (Å²) < 4.78 is 27.3. The van der Waals surface area contributed by atoms with Gasteiger partial charge in [0.25, 0.3) is 0 Å². The molecule has 7 nitrogen and oxygen atoms in total. The van der Waals surface area contributed by atoms with Crippen LogP contribution in [0, 0.1) is 6.92 Å². The molecule has 0 radical (unpaired) electrons. The zero-order valence-corrected chi connectivity index (χ0v) is 18.0. The Morgan fingerprint density at radius 1 is 1.21 bits per heavy atom. The first-order valence-corrected chi connectivity index (χ1v) is 11.8. The molecule has 154 valence electrons. The molecule has 1 heterocycles. The highest BCUT2D eigenvalue weighted by molar-refractivity contribution is 7.99. The Labute approximate surface area is 174 Å². The zero-order valence-electron chi connectivity index (χ0n) is 16.4. The van der Waals surface area contributed by atoms with Crippen molar-refractivity contribution in [1.82, 2.24) is 14.7 Å². The summed E-state index contributed by atoms with van der Waals surface area (Å²) >= 11 is 1.27. The quantitative estimate of drug-likeness (QED) is 0.353. The minimum atomic E-state index is -3.55. The number of H-pyrrole nitrogens is 1. The molecule has 0 aliphatic carbocycles. The molecule has 0 bridgehead atoms. The molecule has 1 aromatic heterocycles. The summed E-state index contributed by atoms with van der Waals surface area (Å²) in [6.07, 6.45) is 1.71. The van der Waals surface area contributed by atoms with Crippen LogP contribution < -0.4 is 10.0 Å². The van der Waals surface area contributed by atoms with E-state index in [1.807, 2.05) is 38.1 Å². The van der Waals surface area contributed by atoms with Crippen LogP contribution in [0.1, 0.15) is 25.3 Å². The first-order chi connectivity index (χ1) is 13.9. The molecule has 9 heteroatoms. The number of aryl methyl sites for hydroxylation is 1. The summed E-state index contributed by atoms with van der Waals surface area (Å²) in [5, 5.41) is 3.44. The van der Waals surface area contributed by atoms with E-state index >= 15 is 0 Å². The van der Waals surface area contributed by atoms with Gasteiger partial charge in [-0.05, 0) is 43.2 Å². The van der Waals surface area contributed by atoms with Gasteiger partial charge in [-0.3, -0.25) is 4.79 Å². The van der Waals surface area contributed by atoms with Gasteiger partial charge in [-0.2, -0.15) is 0 Å². The van der Waals surface area contributed by atoms with Crippen molar-refractivity contribution in [2.24, 2.45) is 0 Å². The number of fused-ring (bicyclic) bond motifs is 1. The number of nitrogens with zero attached hydrogens (tertiary/aromatic N) is 1. The van der Waals surface area contributed by atoms with E-state index in [4.69, 9.17) is 0 Å². The number of amides is 1. The van der Waals surface area contributed by atoms with Crippen LogP contribution in [0.15, 0.2) is 52.5 Å². The molecule has 0 fully saturated rings. The van der Waals surface area contributed by atoms with Crippen LogP contribution in [0.4, 0.5) is 5.69 Å². The lowest BCUT2D eigenvalue weighted by Crippen LogP contribution is -2.24. The lowest BCUT2D eigenvalue weighted by atomic mass is 10.2. The second-order valence-corrected chi connectivity index (χ2v) is 9.36. The Morgan fingerprint density at radius 2 is 2.00 bits per heavy atom. The predicted octanol–water partition coefficient (Wildman–Crippen LogP) is 3.68. The Hall–Kier alpha value is -2.36. The van der Waals surface area contributed by atoms with Crippen molar-refractivity contribution in [2.75, 3.05) is 17.6 Å². The summed E-state index contributed by atoms with van der Waals surface area (Å²) in [4.78, 5) is 19.9.